The third kappa shape index (κ3) is 6.64. The summed E-state index contributed by atoms with van der Waals surface area (Å²) in [4.78, 5) is 10.7. The second-order valence-electron chi connectivity index (χ2n) is 6.28. The Bertz CT molecular complexity index is 467. The number of nitrogens with one attached hydrogen (secondary N) is 1. The van der Waals surface area contributed by atoms with Crippen molar-refractivity contribution in [2.24, 2.45) is 18.0 Å². The van der Waals surface area contributed by atoms with Crippen LogP contribution in [0.2, 0.25) is 0 Å². The monoisotopic (exact) mass is 434 g/mol. The summed E-state index contributed by atoms with van der Waals surface area (Å²) in [7, 11) is 5.77. The maximum atomic E-state index is 4.35. The predicted molar refractivity (Wildman–Crippen MR) is 105 cm³/mol. The van der Waals surface area contributed by atoms with Gasteiger partial charge in [0.05, 0.1) is 6.54 Å². The Kier molecular flexibility index (Phi) is 9.50. The van der Waals surface area contributed by atoms with Crippen LogP contribution in [0.4, 0.5) is 0 Å². The molecule has 1 fully saturated rings. The molecular weight excluding hydrogens is 403 g/mol. The summed E-state index contributed by atoms with van der Waals surface area (Å²) < 4.78 is 1.80. The number of aliphatic imine (C=N–C) groups is 1. The van der Waals surface area contributed by atoms with Gasteiger partial charge in [-0.2, -0.15) is 5.10 Å². The molecule has 1 saturated carbocycles. The zero-order valence-corrected chi connectivity index (χ0v) is 17.0. The lowest BCUT2D eigenvalue weighted by atomic mass is 10.0. The van der Waals surface area contributed by atoms with Crippen LogP contribution in [0.1, 0.15) is 50.8 Å². The number of aryl methyl sites for hydroxylation is 1. The minimum Gasteiger partial charge on any atom is -0.356 e. The highest BCUT2D eigenvalue weighted by Crippen LogP contribution is 2.28. The fourth-order valence-corrected chi connectivity index (χ4v) is 3.19. The van der Waals surface area contributed by atoms with Crippen molar-refractivity contribution in [3.8, 4) is 0 Å². The van der Waals surface area contributed by atoms with Gasteiger partial charge in [0.25, 0.3) is 0 Å². The summed E-state index contributed by atoms with van der Waals surface area (Å²) >= 11 is 0. The first-order chi connectivity index (χ1) is 10.7. The van der Waals surface area contributed by atoms with Gasteiger partial charge < -0.3 is 10.2 Å². The van der Waals surface area contributed by atoms with Crippen LogP contribution in [0.15, 0.2) is 11.3 Å². The van der Waals surface area contributed by atoms with Gasteiger partial charge >= 0.3 is 0 Å². The predicted octanol–water partition coefficient (Wildman–Crippen LogP) is 2.80. The van der Waals surface area contributed by atoms with Crippen molar-refractivity contribution in [1.29, 1.82) is 0 Å². The molecule has 1 aromatic heterocycles. The molecule has 6 nitrogen and oxygen atoms in total. The maximum absolute atomic E-state index is 4.35. The zero-order valence-electron chi connectivity index (χ0n) is 14.7. The molecule has 0 bridgehead atoms. The largest absolute Gasteiger partial charge is 0.356 e. The van der Waals surface area contributed by atoms with Crippen LogP contribution in [0.5, 0.6) is 0 Å². The SMILES string of the molecule is CN=C(NCCCCC1CCCC1)N(C)Cc1ncnn1C.I. The lowest BCUT2D eigenvalue weighted by molar-refractivity contribution is 0.441. The summed E-state index contributed by atoms with van der Waals surface area (Å²) in [6.07, 6.45) is 11.3. The molecule has 0 amide bonds. The van der Waals surface area contributed by atoms with Crippen molar-refractivity contribution < 1.29 is 0 Å². The average Bonchev–Trinajstić information content (AvgIpc) is 3.15. The minimum absolute atomic E-state index is 0. The van der Waals surface area contributed by atoms with E-state index in [0.29, 0.717) is 6.54 Å². The summed E-state index contributed by atoms with van der Waals surface area (Å²) in [6, 6.07) is 0. The van der Waals surface area contributed by atoms with Crippen LogP contribution < -0.4 is 5.32 Å². The lowest BCUT2D eigenvalue weighted by Crippen LogP contribution is -2.39. The van der Waals surface area contributed by atoms with E-state index in [9.17, 15) is 0 Å². The zero-order chi connectivity index (χ0) is 15.8. The van der Waals surface area contributed by atoms with Crippen LogP contribution in [0.25, 0.3) is 0 Å². The summed E-state index contributed by atoms with van der Waals surface area (Å²) in [5.74, 6) is 2.86. The Balaban J connectivity index is 0.00000264. The molecule has 132 valence electrons. The first kappa shape index (κ1) is 20.2. The summed E-state index contributed by atoms with van der Waals surface area (Å²) in [6.45, 7) is 1.70. The molecule has 0 spiro atoms. The fraction of sp³-hybridized carbons (Fsp3) is 0.812. The van der Waals surface area contributed by atoms with Gasteiger partial charge in [0, 0.05) is 27.7 Å². The molecule has 1 aliphatic rings. The molecular formula is C16H31IN6. The van der Waals surface area contributed by atoms with Crippen LogP contribution in [-0.2, 0) is 13.6 Å². The molecule has 0 aromatic carbocycles. The van der Waals surface area contributed by atoms with Crippen molar-refractivity contribution in [3.05, 3.63) is 12.2 Å². The number of hydrogen-bond donors (Lipinski definition) is 1. The molecule has 7 heteroatoms. The number of rotatable bonds is 7. The highest BCUT2D eigenvalue weighted by molar-refractivity contribution is 14.0. The molecule has 1 N–H and O–H groups in total. The van der Waals surface area contributed by atoms with E-state index in [-0.39, 0.29) is 24.0 Å². The average molecular weight is 434 g/mol. The number of aromatic nitrogens is 3. The summed E-state index contributed by atoms with van der Waals surface area (Å²) in [5, 5.41) is 7.54. The quantitative estimate of drug-likeness (QED) is 0.310. The van der Waals surface area contributed by atoms with Crippen molar-refractivity contribution in [3.63, 3.8) is 0 Å². The van der Waals surface area contributed by atoms with E-state index in [1.807, 2.05) is 21.1 Å². The molecule has 0 unspecified atom stereocenters. The van der Waals surface area contributed by atoms with Crippen LogP contribution in [-0.4, -0.2) is 46.3 Å². The van der Waals surface area contributed by atoms with Crippen molar-refractivity contribution in [1.82, 2.24) is 25.0 Å². The Labute approximate surface area is 157 Å². The molecule has 1 heterocycles. The standard InChI is InChI=1S/C16H30N6.HI/c1-17-16(21(2)12-15-19-13-20-22(15)3)18-11-7-6-10-14-8-4-5-9-14;/h13-14H,4-12H2,1-3H3,(H,17,18);1H. The fourth-order valence-electron chi connectivity index (χ4n) is 3.19. The van der Waals surface area contributed by atoms with Crippen molar-refractivity contribution >= 4 is 29.9 Å². The van der Waals surface area contributed by atoms with E-state index in [4.69, 9.17) is 0 Å². The smallest absolute Gasteiger partial charge is 0.193 e. The van der Waals surface area contributed by atoms with Crippen molar-refractivity contribution in [2.45, 2.75) is 51.5 Å². The molecule has 0 aliphatic heterocycles. The molecule has 0 atom stereocenters. The number of nitrogens with zero attached hydrogens (tertiary/aromatic N) is 5. The Morgan fingerprint density at radius 1 is 1.39 bits per heavy atom. The number of hydrogen-bond acceptors (Lipinski definition) is 3. The van der Waals surface area contributed by atoms with E-state index >= 15 is 0 Å². The second kappa shape index (κ2) is 10.8. The van der Waals surface area contributed by atoms with Gasteiger partial charge in [0.15, 0.2) is 5.96 Å². The molecule has 1 aromatic rings. The van der Waals surface area contributed by atoms with E-state index in [1.54, 1.807) is 11.0 Å². The van der Waals surface area contributed by atoms with Gasteiger partial charge in [0.2, 0.25) is 0 Å². The highest BCUT2D eigenvalue weighted by atomic mass is 127. The van der Waals surface area contributed by atoms with Gasteiger partial charge in [-0.05, 0) is 12.3 Å². The maximum Gasteiger partial charge on any atom is 0.193 e. The number of guanidine groups is 1. The lowest BCUT2D eigenvalue weighted by Gasteiger charge is -2.21. The number of halogens is 1. The third-order valence-electron chi connectivity index (χ3n) is 4.55. The van der Waals surface area contributed by atoms with E-state index in [0.717, 1.165) is 24.2 Å². The van der Waals surface area contributed by atoms with Gasteiger partial charge in [0.1, 0.15) is 12.2 Å². The Morgan fingerprint density at radius 2 is 2.13 bits per heavy atom. The Hall–Kier alpha value is -0.860. The number of unbranched alkanes of at least 4 members (excludes halogenated alkanes) is 1. The molecule has 23 heavy (non-hydrogen) atoms. The van der Waals surface area contributed by atoms with Gasteiger partial charge in [-0.25, -0.2) is 4.98 Å². The van der Waals surface area contributed by atoms with Crippen LogP contribution in [0.3, 0.4) is 0 Å². The highest BCUT2D eigenvalue weighted by Gasteiger charge is 2.14. The normalized spacial score (nSPS) is 15.5. The minimum atomic E-state index is 0. The topological polar surface area (TPSA) is 58.3 Å². The molecule has 2 rings (SSSR count). The summed E-state index contributed by atoms with van der Waals surface area (Å²) in [5.41, 5.74) is 0. The van der Waals surface area contributed by atoms with Crippen LogP contribution >= 0.6 is 24.0 Å². The first-order valence-corrected chi connectivity index (χ1v) is 8.45. The van der Waals surface area contributed by atoms with Gasteiger partial charge in [-0.15, -0.1) is 24.0 Å². The van der Waals surface area contributed by atoms with Crippen LogP contribution in [0, 0.1) is 5.92 Å². The second-order valence-corrected chi connectivity index (χ2v) is 6.28. The molecule has 0 saturated heterocycles. The van der Waals surface area contributed by atoms with Gasteiger partial charge in [-0.1, -0.05) is 38.5 Å². The van der Waals surface area contributed by atoms with E-state index in [1.165, 1.54) is 44.9 Å². The Morgan fingerprint density at radius 3 is 2.74 bits per heavy atom. The molecule has 0 radical (unpaired) electrons. The first-order valence-electron chi connectivity index (χ1n) is 8.45. The van der Waals surface area contributed by atoms with E-state index < -0.39 is 0 Å². The third-order valence-corrected chi connectivity index (χ3v) is 4.55. The van der Waals surface area contributed by atoms with E-state index in [2.05, 4.69) is 25.3 Å². The molecule has 1 aliphatic carbocycles. The van der Waals surface area contributed by atoms with Crippen molar-refractivity contribution in [2.75, 3.05) is 20.6 Å². The van der Waals surface area contributed by atoms with Gasteiger partial charge in [-0.3, -0.25) is 9.67 Å².